The van der Waals surface area contributed by atoms with Crippen LogP contribution in [0.3, 0.4) is 0 Å². The van der Waals surface area contributed by atoms with E-state index in [1.54, 1.807) is 4.90 Å². The molecule has 2 fully saturated rings. The van der Waals surface area contributed by atoms with Gasteiger partial charge in [0.15, 0.2) is 0 Å². The minimum Gasteiger partial charge on any atom is -0.479 e. The number of likely N-dealkylation sites (tertiary alicyclic amines) is 1. The van der Waals surface area contributed by atoms with Gasteiger partial charge in [-0.05, 0) is 61.9 Å². The lowest BCUT2D eigenvalue weighted by Gasteiger charge is -2.47. The number of carbonyl (C=O) groups excluding carboxylic acids is 1. The van der Waals surface area contributed by atoms with Gasteiger partial charge < -0.3 is 14.7 Å². The molecule has 2 atom stereocenters. The van der Waals surface area contributed by atoms with Gasteiger partial charge in [-0.15, -0.1) is 0 Å². The van der Waals surface area contributed by atoms with Gasteiger partial charge in [-0.2, -0.15) is 0 Å². The Morgan fingerprint density at radius 1 is 1.09 bits per heavy atom. The second kappa shape index (κ2) is 7.93. The van der Waals surface area contributed by atoms with Gasteiger partial charge in [0.2, 0.25) is 0 Å². The quantitative estimate of drug-likeness (QED) is 0.758. The molecule has 0 spiro atoms. The molecular formula is C26H30N2O4. The van der Waals surface area contributed by atoms with E-state index < -0.39 is 17.6 Å². The van der Waals surface area contributed by atoms with Crippen LogP contribution in [0, 0.1) is 0 Å². The fourth-order valence-corrected chi connectivity index (χ4v) is 5.51. The van der Waals surface area contributed by atoms with Gasteiger partial charge in [0, 0.05) is 24.5 Å². The summed E-state index contributed by atoms with van der Waals surface area (Å²) in [4.78, 5) is 29.7. The second-order valence-electron chi connectivity index (χ2n) is 9.53. The third-order valence-corrected chi connectivity index (χ3v) is 7.57. The fourth-order valence-electron chi connectivity index (χ4n) is 5.51. The molecule has 2 aliphatic carbocycles. The van der Waals surface area contributed by atoms with E-state index in [4.69, 9.17) is 4.74 Å². The molecule has 6 nitrogen and oxygen atoms in total. The van der Waals surface area contributed by atoms with Crippen LogP contribution in [-0.2, 0) is 9.53 Å². The van der Waals surface area contributed by atoms with Crippen molar-refractivity contribution in [3.63, 3.8) is 0 Å². The summed E-state index contributed by atoms with van der Waals surface area (Å²) < 4.78 is 5.90. The number of fused-ring (bicyclic) bond motifs is 3. The van der Waals surface area contributed by atoms with Crippen LogP contribution in [0.15, 0.2) is 48.5 Å². The fraction of sp³-hybridized carbons (Fsp3) is 0.462. The maximum atomic E-state index is 13.4. The Labute approximate surface area is 188 Å². The Kier molecular flexibility index (Phi) is 5.20. The monoisotopic (exact) mass is 434 g/mol. The number of benzene rings is 2. The van der Waals surface area contributed by atoms with E-state index in [0.717, 1.165) is 24.0 Å². The number of carbonyl (C=O) groups is 2. The van der Waals surface area contributed by atoms with E-state index in [-0.39, 0.29) is 24.6 Å². The Balaban J connectivity index is 1.40. The zero-order valence-corrected chi connectivity index (χ0v) is 18.7. The van der Waals surface area contributed by atoms with Crippen LogP contribution in [0.2, 0.25) is 0 Å². The van der Waals surface area contributed by atoms with Crippen molar-refractivity contribution < 1.29 is 19.4 Å². The van der Waals surface area contributed by atoms with Gasteiger partial charge in [0.25, 0.3) is 0 Å². The standard InChI is InChI=1S/C26H30N2O4/c1-17-15-26(24(29)30,13-14-27(17)2)28(18-11-12-18)25(31)32-16-23-21-9-5-3-7-19(21)20-8-4-6-10-22(20)23/h3-10,17-18,23H,11-16H2,1-2H3,(H,29,30). The van der Waals surface area contributed by atoms with E-state index >= 15 is 0 Å². The number of hydrogen-bond donors (Lipinski definition) is 1. The molecule has 0 radical (unpaired) electrons. The summed E-state index contributed by atoms with van der Waals surface area (Å²) in [6, 6.07) is 16.5. The maximum absolute atomic E-state index is 13.4. The van der Waals surface area contributed by atoms with Gasteiger partial charge in [-0.25, -0.2) is 9.59 Å². The van der Waals surface area contributed by atoms with Crippen LogP contribution in [0.1, 0.15) is 49.7 Å². The SMILES string of the molecule is CC1CC(C(=O)O)(N(C(=O)OCC2c3ccccc3-c3ccccc32)C2CC2)CCN1C. The Bertz CT molecular complexity index is 1000. The van der Waals surface area contributed by atoms with Gasteiger partial charge in [-0.1, -0.05) is 48.5 Å². The summed E-state index contributed by atoms with van der Waals surface area (Å²) >= 11 is 0. The van der Waals surface area contributed by atoms with Gasteiger partial charge >= 0.3 is 12.1 Å². The number of hydrogen-bond acceptors (Lipinski definition) is 4. The first-order valence-electron chi connectivity index (χ1n) is 11.5. The number of piperidine rings is 1. The summed E-state index contributed by atoms with van der Waals surface area (Å²) in [5, 5.41) is 10.3. The molecule has 2 aromatic carbocycles. The van der Waals surface area contributed by atoms with Crippen molar-refractivity contribution in [3.8, 4) is 11.1 Å². The average Bonchev–Trinajstić information content (AvgIpc) is 3.56. The van der Waals surface area contributed by atoms with Crippen molar-refractivity contribution in [1.29, 1.82) is 0 Å². The van der Waals surface area contributed by atoms with Gasteiger partial charge in [-0.3, -0.25) is 4.90 Å². The molecule has 32 heavy (non-hydrogen) atoms. The summed E-state index contributed by atoms with van der Waals surface area (Å²) in [5.41, 5.74) is 3.46. The molecule has 0 aromatic heterocycles. The predicted octanol–water partition coefficient (Wildman–Crippen LogP) is 4.34. The molecule has 168 valence electrons. The van der Waals surface area contributed by atoms with Crippen LogP contribution in [0.4, 0.5) is 4.79 Å². The highest BCUT2D eigenvalue weighted by molar-refractivity contribution is 5.85. The molecule has 1 saturated heterocycles. The molecule has 2 aromatic rings. The Morgan fingerprint density at radius 2 is 1.69 bits per heavy atom. The number of aliphatic carboxylic acids is 1. The lowest BCUT2D eigenvalue weighted by molar-refractivity contribution is -0.155. The van der Waals surface area contributed by atoms with Crippen molar-refractivity contribution in [3.05, 3.63) is 59.7 Å². The van der Waals surface area contributed by atoms with Crippen molar-refractivity contribution in [2.45, 2.75) is 56.1 Å². The molecule has 6 heteroatoms. The first-order chi connectivity index (χ1) is 15.4. The molecule has 1 amide bonds. The number of carboxylic acids is 1. The zero-order chi connectivity index (χ0) is 22.5. The number of carboxylic acid groups (broad SMARTS) is 1. The van der Waals surface area contributed by atoms with Gasteiger partial charge in [0.05, 0.1) is 0 Å². The van der Waals surface area contributed by atoms with E-state index in [2.05, 4.69) is 29.2 Å². The molecule has 5 rings (SSSR count). The lowest BCUT2D eigenvalue weighted by Crippen LogP contribution is -2.64. The number of amides is 1. The highest BCUT2D eigenvalue weighted by Gasteiger charge is 2.55. The topological polar surface area (TPSA) is 70.1 Å². The van der Waals surface area contributed by atoms with Crippen molar-refractivity contribution in [1.82, 2.24) is 9.80 Å². The molecular weight excluding hydrogens is 404 g/mol. The third-order valence-electron chi connectivity index (χ3n) is 7.57. The smallest absolute Gasteiger partial charge is 0.411 e. The van der Waals surface area contributed by atoms with Crippen molar-refractivity contribution in [2.24, 2.45) is 0 Å². The third kappa shape index (κ3) is 3.37. The molecule has 1 N–H and O–H groups in total. The second-order valence-corrected chi connectivity index (χ2v) is 9.53. The number of ether oxygens (including phenoxy) is 1. The molecule has 0 bridgehead atoms. The van der Waals surface area contributed by atoms with Crippen molar-refractivity contribution in [2.75, 3.05) is 20.2 Å². The largest absolute Gasteiger partial charge is 0.479 e. The summed E-state index contributed by atoms with van der Waals surface area (Å²) in [6.07, 6.45) is 2.02. The molecule has 1 aliphatic heterocycles. The normalized spacial score (nSPS) is 25.1. The number of rotatable bonds is 5. The summed E-state index contributed by atoms with van der Waals surface area (Å²) in [5.74, 6) is -0.956. The van der Waals surface area contributed by atoms with Crippen LogP contribution < -0.4 is 0 Å². The zero-order valence-electron chi connectivity index (χ0n) is 18.7. The van der Waals surface area contributed by atoms with E-state index in [1.807, 2.05) is 38.2 Å². The molecule has 1 heterocycles. The van der Waals surface area contributed by atoms with E-state index in [9.17, 15) is 14.7 Å². The lowest BCUT2D eigenvalue weighted by atomic mass is 9.82. The van der Waals surface area contributed by atoms with Gasteiger partial charge in [0.1, 0.15) is 12.1 Å². The summed E-state index contributed by atoms with van der Waals surface area (Å²) in [7, 11) is 2.01. The predicted molar refractivity (Wildman–Crippen MR) is 122 cm³/mol. The highest BCUT2D eigenvalue weighted by Crippen LogP contribution is 2.45. The van der Waals surface area contributed by atoms with Crippen LogP contribution >= 0.6 is 0 Å². The minimum atomic E-state index is -1.20. The first-order valence-corrected chi connectivity index (χ1v) is 11.5. The Morgan fingerprint density at radius 3 is 2.22 bits per heavy atom. The molecule has 2 unspecified atom stereocenters. The Hall–Kier alpha value is -2.86. The van der Waals surface area contributed by atoms with Crippen LogP contribution in [-0.4, -0.2) is 64.8 Å². The molecule has 1 saturated carbocycles. The number of nitrogens with zero attached hydrogens (tertiary/aromatic N) is 2. The van der Waals surface area contributed by atoms with Crippen molar-refractivity contribution >= 4 is 12.1 Å². The highest BCUT2D eigenvalue weighted by atomic mass is 16.6. The summed E-state index contributed by atoms with van der Waals surface area (Å²) in [6.45, 7) is 2.88. The van der Waals surface area contributed by atoms with Crippen LogP contribution in [0.25, 0.3) is 11.1 Å². The van der Waals surface area contributed by atoms with E-state index in [1.165, 1.54) is 11.1 Å². The molecule has 3 aliphatic rings. The minimum absolute atomic E-state index is 0.0374. The maximum Gasteiger partial charge on any atom is 0.411 e. The first kappa shape index (κ1) is 21.0. The average molecular weight is 435 g/mol. The van der Waals surface area contributed by atoms with Crippen LogP contribution in [0.5, 0.6) is 0 Å². The van der Waals surface area contributed by atoms with E-state index in [0.29, 0.717) is 19.4 Å².